The van der Waals surface area contributed by atoms with Crippen molar-refractivity contribution in [3.8, 4) is 5.95 Å². The molecule has 0 unspecified atom stereocenters. The van der Waals surface area contributed by atoms with Gasteiger partial charge in [0.1, 0.15) is 17.8 Å². The van der Waals surface area contributed by atoms with E-state index < -0.39 is 0 Å². The van der Waals surface area contributed by atoms with Crippen molar-refractivity contribution < 1.29 is 4.79 Å². The number of hydrogen-bond donors (Lipinski definition) is 1. The molecule has 7 nitrogen and oxygen atoms in total. The number of hydrogen-bond acceptors (Lipinski definition) is 5. The summed E-state index contributed by atoms with van der Waals surface area (Å²) in [6.45, 7) is 1.95. The fraction of sp³-hybridized carbons (Fsp3) is 0.579. The summed E-state index contributed by atoms with van der Waals surface area (Å²) in [7, 11) is 0. The third kappa shape index (κ3) is 3.86. The Balaban J connectivity index is 1.61. The smallest absolute Gasteiger partial charge is 0.270 e. The van der Waals surface area contributed by atoms with Gasteiger partial charge in [-0.05, 0) is 32.1 Å². The zero-order valence-corrected chi connectivity index (χ0v) is 15.1. The van der Waals surface area contributed by atoms with Gasteiger partial charge in [-0.25, -0.2) is 9.97 Å². The first-order valence-corrected chi connectivity index (χ1v) is 9.73. The lowest BCUT2D eigenvalue weighted by atomic mass is 9.95. The Labute approximate surface area is 153 Å². The van der Waals surface area contributed by atoms with Crippen molar-refractivity contribution in [1.82, 2.24) is 24.8 Å². The molecule has 0 bridgehead atoms. The van der Waals surface area contributed by atoms with Gasteiger partial charge in [-0.15, -0.1) is 0 Å². The first-order valence-electron chi connectivity index (χ1n) is 9.73. The van der Waals surface area contributed by atoms with E-state index in [2.05, 4.69) is 25.2 Å². The summed E-state index contributed by atoms with van der Waals surface area (Å²) in [5.74, 6) is 1.23. The van der Waals surface area contributed by atoms with Crippen LogP contribution in [0.1, 0.15) is 61.9 Å². The van der Waals surface area contributed by atoms with Gasteiger partial charge in [-0.1, -0.05) is 19.3 Å². The van der Waals surface area contributed by atoms with Crippen LogP contribution in [0.15, 0.2) is 24.8 Å². The number of anilines is 1. The molecule has 1 saturated carbocycles. The molecule has 1 aliphatic carbocycles. The van der Waals surface area contributed by atoms with Gasteiger partial charge in [-0.3, -0.25) is 9.36 Å². The number of carbonyl (C=O) groups excluding carboxylic acids is 1. The van der Waals surface area contributed by atoms with Crippen LogP contribution in [0, 0.1) is 0 Å². The van der Waals surface area contributed by atoms with E-state index >= 15 is 0 Å². The van der Waals surface area contributed by atoms with E-state index in [4.69, 9.17) is 0 Å². The Hall–Kier alpha value is -2.44. The summed E-state index contributed by atoms with van der Waals surface area (Å²) in [5, 5.41) is 3.17. The summed E-state index contributed by atoms with van der Waals surface area (Å²) in [5.41, 5.74) is 0.440. The molecule has 2 aromatic heterocycles. The zero-order valence-electron chi connectivity index (χ0n) is 15.1. The molecular formula is C19H26N6O. The van der Waals surface area contributed by atoms with Crippen LogP contribution in [-0.2, 0) is 0 Å². The molecule has 2 fully saturated rings. The fourth-order valence-electron chi connectivity index (χ4n) is 3.82. The second-order valence-electron chi connectivity index (χ2n) is 7.24. The first kappa shape index (κ1) is 17.0. The van der Waals surface area contributed by atoms with Crippen LogP contribution in [0.5, 0.6) is 0 Å². The number of aromatic nitrogens is 4. The van der Waals surface area contributed by atoms with Gasteiger partial charge in [-0.2, -0.15) is 4.98 Å². The third-order valence-corrected chi connectivity index (χ3v) is 5.29. The predicted molar refractivity (Wildman–Crippen MR) is 99.6 cm³/mol. The van der Waals surface area contributed by atoms with Gasteiger partial charge in [0.25, 0.3) is 5.91 Å². The number of amides is 1. The van der Waals surface area contributed by atoms with Crippen LogP contribution in [0.25, 0.3) is 5.95 Å². The molecule has 0 spiro atoms. The average Bonchev–Trinajstić information content (AvgIpc) is 3.24. The lowest BCUT2D eigenvalue weighted by Crippen LogP contribution is -2.37. The highest BCUT2D eigenvalue weighted by atomic mass is 16.1. The topological polar surface area (TPSA) is 75.9 Å². The minimum absolute atomic E-state index is 0.0982. The van der Waals surface area contributed by atoms with Gasteiger partial charge in [0.15, 0.2) is 0 Å². The predicted octanol–water partition coefficient (Wildman–Crippen LogP) is 2.72. The van der Waals surface area contributed by atoms with Crippen LogP contribution < -0.4 is 10.2 Å². The monoisotopic (exact) mass is 354 g/mol. The van der Waals surface area contributed by atoms with E-state index in [1.54, 1.807) is 23.3 Å². The quantitative estimate of drug-likeness (QED) is 0.914. The van der Waals surface area contributed by atoms with Gasteiger partial charge >= 0.3 is 0 Å². The van der Waals surface area contributed by atoms with Crippen LogP contribution in [-0.4, -0.2) is 44.6 Å². The van der Waals surface area contributed by atoms with Crippen LogP contribution in [0.4, 0.5) is 5.82 Å². The van der Waals surface area contributed by atoms with Gasteiger partial charge in [0.05, 0.1) is 0 Å². The molecule has 1 N–H and O–H groups in total. The van der Waals surface area contributed by atoms with Crippen LogP contribution in [0.2, 0.25) is 0 Å². The highest BCUT2D eigenvalue weighted by Crippen LogP contribution is 2.21. The Morgan fingerprint density at radius 3 is 2.54 bits per heavy atom. The lowest BCUT2D eigenvalue weighted by molar-refractivity contribution is 0.0922. The summed E-state index contributed by atoms with van der Waals surface area (Å²) in [6.07, 6.45) is 14.5. The molecular weight excluding hydrogens is 328 g/mol. The third-order valence-electron chi connectivity index (χ3n) is 5.29. The zero-order chi connectivity index (χ0) is 17.8. The highest BCUT2D eigenvalue weighted by molar-refractivity contribution is 5.93. The Kier molecular flexibility index (Phi) is 5.13. The molecule has 138 valence electrons. The number of imidazole rings is 1. The first-order chi connectivity index (χ1) is 12.8. The average molecular weight is 354 g/mol. The second-order valence-corrected chi connectivity index (χ2v) is 7.24. The maximum absolute atomic E-state index is 12.8. The Morgan fingerprint density at radius 1 is 1.04 bits per heavy atom. The molecule has 1 aliphatic heterocycles. The maximum atomic E-state index is 12.8. The van der Waals surface area contributed by atoms with Crippen molar-refractivity contribution in [2.24, 2.45) is 0 Å². The molecule has 3 heterocycles. The molecule has 26 heavy (non-hydrogen) atoms. The largest absolute Gasteiger partial charge is 0.356 e. The molecule has 4 rings (SSSR count). The lowest BCUT2D eigenvalue weighted by Gasteiger charge is -2.28. The molecule has 0 atom stereocenters. The van der Waals surface area contributed by atoms with Crippen LogP contribution >= 0.6 is 0 Å². The van der Waals surface area contributed by atoms with Crippen molar-refractivity contribution >= 4 is 11.7 Å². The van der Waals surface area contributed by atoms with Gasteiger partial charge in [0.2, 0.25) is 5.95 Å². The van der Waals surface area contributed by atoms with Crippen molar-refractivity contribution in [1.29, 1.82) is 0 Å². The summed E-state index contributed by atoms with van der Waals surface area (Å²) in [4.78, 5) is 28.4. The molecule has 7 heteroatoms. The summed E-state index contributed by atoms with van der Waals surface area (Å²) in [6, 6.07) is 2.10. The molecule has 2 aromatic rings. The number of piperidine rings is 1. The summed E-state index contributed by atoms with van der Waals surface area (Å²) < 4.78 is 1.75. The number of nitrogens with one attached hydrogen (secondary N) is 1. The van der Waals surface area contributed by atoms with E-state index in [-0.39, 0.29) is 11.9 Å². The molecule has 1 saturated heterocycles. The summed E-state index contributed by atoms with van der Waals surface area (Å²) >= 11 is 0. The second kappa shape index (κ2) is 7.85. The highest BCUT2D eigenvalue weighted by Gasteiger charge is 2.21. The van der Waals surface area contributed by atoms with E-state index in [1.807, 2.05) is 6.07 Å². The number of rotatable bonds is 4. The molecule has 0 radical (unpaired) electrons. The molecule has 1 amide bonds. The minimum Gasteiger partial charge on any atom is -0.356 e. The number of nitrogens with zero attached hydrogens (tertiary/aromatic N) is 5. The van der Waals surface area contributed by atoms with Gasteiger partial charge in [0, 0.05) is 37.6 Å². The Morgan fingerprint density at radius 2 is 1.81 bits per heavy atom. The van der Waals surface area contributed by atoms with E-state index in [0.29, 0.717) is 11.6 Å². The van der Waals surface area contributed by atoms with Crippen molar-refractivity contribution in [2.45, 2.75) is 57.4 Å². The van der Waals surface area contributed by atoms with Crippen LogP contribution in [0.3, 0.4) is 0 Å². The van der Waals surface area contributed by atoms with E-state index in [1.165, 1.54) is 25.7 Å². The van der Waals surface area contributed by atoms with Crippen molar-refractivity contribution in [3.63, 3.8) is 0 Å². The standard InChI is InChI=1S/C19H26N6O/c26-18(21-15-7-3-1-4-8-15)16-13-17(24-10-5-2-6-11-24)23-19(22-16)25-12-9-20-14-25/h9,12-15H,1-8,10-11H2,(H,21,26). The normalized spacial score (nSPS) is 18.7. The number of carbonyl (C=O) groups is 1. The Bertz CT molecular complexity index is 732. The maximum Gasteiger partial charge on any atom is 0.270 e. The molecule has 0 aromatic carbocycles. The van der Waals surface area contributed by atoms with Crippen molar-refractivity contribution in [2.75, 3.05) is 18.0 Å². The SMILES string of the molecule is O=C(NC1CCCCC1)c1cc(N2CCCCC2)nc(-n2ccnc2)n1. The van der Waals surface area contributed by atoms with E-state index in [9.17, 15) is 4.79 Å². The minimum atomic E-state index is -0.0982. The van der Waals surface area contributed by atoms with Gasteiger partial charge < -0.3 is 10.2 Å². The molecule has 2 aliphatic rings. The van der Waals surface area contributed by atoms with Crippen molar-refractivity contribution in [3.05, 3.63) is 30.5 Å². The van der Waals surface area contributed by atoms with E-state index in [0.717, 1.165) is 44.6 Å². The fourth-order valence-corrected chi connectivity index (χ4v) is 3.82.